The highest BCUT2D eigenvalue weighted by molar-refractivity contribution is 9.10. The number of nitrogens with zero attached hydrogens (tertiary/aromatic N) is 1. The summed E-state index contributed by atoms with van der Waals surface area (Å²) in [5.41, 5.74) is 3.53. The van der Waals surface area contributed by atoms with E-state index in [2.05, 4.69) is 33.4 Å². The van der Waals surface area contributed by atoms with E-state index in [1.807, 2.05) is 6.92 Å². The fraction of sp³-hybridized carbons (Fsp3) is 0.423. The van der Waals surface area contributed by atoms with Crippen LogP contribution in [0.3, 0.4) is 0 Å². The first-order valence-electron chi connectivity index (χ1n) is 11.6. The molecule has 7 heteroatoms. The van der Waals surface area contributed by atoms with Crippen LogP contribution >= 0.6 is 15.9 Å². The number of hydrogen-bond acceptors (Lipinski definition) is 5. The van der Waals surface area contributed by atoms with E-state index in [1.54, 1.807) is 42.5 Å². The molecule has 0 spiro atoms. The SMILES string of the molecule is CCCCCCCCCC(=O)NN=Cc1cc(Br)ccc1OC(=O)c1ccc(OCC)cc1. The van der Waals surface area contributed by atoms with Crippen LogP contribution in [0, 0.1) is 0 Å². The van der Waals surface area contributed by atoms with Gasteiger partial charge in [0.15, 0.2) is 0 Å². The lowest BCUT2D eigenvalue weighted by Gasteiger charge is -2.09. The van der Waals surface area contributed by atoms with Crippen molar-refractivity contribution in [3.63, 3.8) is 0 Å². The highest BCUT2D eigenvalue weighted by Gasteiger charge is 2.12. The third-order valence-electron chi connectivity index (χ3n) is 4.98. The van der Waals surface area contributed by atoms with Crippen LogP contribution in [0.15, 0.2) is 52.0 Å². The summed E-state index contributed by atoms with van der Waals surface area (Å²) >= 11 is 3.41. The normalized spacial score (nSPS) is 10.9. The third-order valence-corrected chi connectivity index (χ3v) is 5.47. The Morgan fingerprint density at radius 1 is 0.970 bits per heavy atom. The van der Waals surface area contributed by atoms with Gasteiger partial charge in [-0.25, -0.2) is 10.2 Å². The highest BCUT2D eigenvalue weighted by atomic mass is 79.9. The van der Waals surface area contributed by atoms with E-state index in [0.717, 1.165) is 23.7 Å². The van der Waals surface area contributed by atoms with Crippen molar-refractivity contribution in [3.8, 4) is 11.5 Å². The van der Waals surface area contributed by atoms with Crippen molar-refractivity contribution in [2.45, 2.75) is 65.2 Å². The number of amides is 1. The van der Waals surface area contributed by atoms with Gasteiger partial charge in [-0.2, -0.15) is 5.10 Å². The summed E-state index contributed by atoms with van der Waals surface area (Å²) in [7, 11) is 0. The van der Waals surface area contributed by atoms with E-state index in [9.17, 15) is 9.59 Å². The minimum Gasteiger partial charge on any atom is -0.494 e. The number of rotatable bonds is 14. The molecule has 6 nitrogen and oxygen atoms in total. The van der Waals surface area contributed by atoms with E-state index >= 15 is 0 Å². The number of benzene rings is 2. The van der Waals surface area contributed by atoms with Gasteiger partial charge in [-0.3, -0.25) is 4.79 Å². The summed E-state index contributed by atoms with van der Waals surface area (Å²) in [4.78, 5) is 24.6. The number of halogens is 1. The first-order valence-corrected chi connectivity index (χ1v) is 12.4. The largest absolute Gasteiger partial charge is 0.494 e. The average Bonchev–Trinajstić information content (AvgIpc) is 2.81. The fourth-order valence-electron chi connectivity index (χ4n) is 3.20. The van der Waals surface area contributed by atoms with Gasteiger partial charge < -0.3 is 9.47 Å². The van der Waals surface area contributed by atoms with Crippen LogP contribution in [0.25, 0.3) is 0 Å². The van der Waals surface area contributed by atoms with Crippen molar-refractivity contribution >= 4 is 34.0 Å². The zero-order valence-electron chi connectivity index (χ0n) is 19.4. The molecule has 0 saturated heterocycles. The minimum atomic E-state index is -0.488. The van der Waals surface area contributed by atoms with Crippen molar-refractivity contribution in [2.75, 3.05) is 6.61 Å². The minimum absolute atomic E-state index is 0.122. The molecule has 0 fully saturated rings. The Balaban J connectivity index is 1.87. The van der Waals surface area contributed by atoms with E-state index in [4.69, 9.17) is 9.47 Å². The van der Waals surface area contributed by atoms with E-state index in [0.29, 0.717) is 35.7 Å². The van der Waals surface area contributed by atoms with Crippen LogP contribution in [-0.2, 0) is 4.79 Å². The fourth-order valence-corrected chi connectivity index (χ4v) is 3.58. The van der Waals surface area contributed by atoms with Gasteiger partial charge in [0.1, 0.15) is 11.5 Å². The number of esters is 1. The molecule has 1 amide bonds. The van der Waals surface area contributed by atoms with Gasteiger partial charge in [0.2, 0.25) is 5.91 Å². The molecule has 1 N–H and O–H groups in total. The van der Waals surface area contributed by atoms with Crippen LogP contribution in [0.1, 0.15) is 81.1 Å². The second kappa shape index (κ2) is 15.2. The van der Waals surface area contributed by atoms with Gasteiger partial charge in [-0.15, -0.1) is 0 Å². The number of hydrogen-bond donors (Lipinski definition) is 1. The lowest BCUT2D eigenvalue weighted by atomic mass is 10.1. The molecule has 0 aliphatic heterocycles. The number of carbonyl (C=O) groups is 2. The molecule has 2 aromatic carbocycles. The summed E-state index contributed by atoms with van der Waals surface area (Å²) in [6.07, 6.45) is 10.0. The standard InChI is InChI=1S/C26H33BrN2O4/c1-3-5-6-7-8-9-10-11-25(30)29-28-19-21-18-22(27)14-17-24(21)33-26(31)20-12-15-23(16-13-20)32-4-2/h12-19H,3-11H2,1-2H3,(H,29,30). The van der Waals surface area contributed by atoms with Crippen LogP contribution < -0.4 is 14.9 Å². The molecule has 0 aliphatic rings. The third kappa shape index (κ3) is 10.2. The molecule has 0 aliphatic carbocycles. The highest BCUT2D eigenvalue weighted by Crippen LogP contribution is 2.23. The maximum Gasteiger partial charge on any atom is 0.343 e. The molecule has 2 aromatic rings. The second-order valence-corrected chi connectivity index (χ2v) is 8.61. The quantitative estimate of drug-likeness (QED) is 0.100. The zero-order chi connectivity index (χ0) is 23.9. The maximum absolute atomic E-state index is 12.5. The van der Waals surface area contributed by atoms with Gasteiger partial charge in [0.25, 0.3) is 0 Å². The molecule has 0 saturated carbocycles. The molecular formula is C26H33BrN2O4. The first kappa shape index (κ1) is 26.6. The van der Waals surface area contributed by atoms with Crippen molar-refractivity contribution in [3.05, 3.63) is 58.1 Å². The lowest BCUT2D eigenvalue weighted by Crippen LogP contribution is -2.17. The smallest absolute Gasteiger partial charge is 0.343 e. The summed E-state index contributed by atoms with van der Waals surface area (Å²) in [6, 6.07) is 12.0. The summed E-state index contributed by atoms with van der Waals surface area (Å²) in [5.74, 6) is 0.431. The Hall–Kier alpha value is -2.67. The van der Waals surface area contributed by atoms with Gasteiger partial charge in [-0.1, -0.05) is 61.4 Å². The molecule has 0 aromatic heterocycles. The van der Waals surface area contributed by atoms with Gasteiger partial charge in [0, 0.05) is 16.5 Å². The van der Waals surface area contributed by atoms with Crippen LogP contribution in [0.2, 0.25) is 0 Å². The average molecular weight is 517 g/mol. The van der Waals surface area contributed by atoms with Crippen molar-refractivity contribution in [1.82, 2.24) is 5.43 Å². The molecular weight excluding hydrogens is 484 g/mol. The summed E-state index contributed by atoms with van der Waals surface area (Å²) < 4.78 is 11.8. The Bertz CT molecular complexity index is 913. The molecule has 0 atom stereocenters. The van der Waals surface area contributed by atoms with Crippen molar-refractivity contribution < 1.29 is 19.1 Å². The Morgan fingerprint density at radius 3 is 2.36 bits per heavy atom. The van der Waals surface area contributed by atoms with E-state index < -0.39 is 5.97 Å². The van der Waals surface area contributed by atoms with Gasteiger partial charge in [-0.05, 0) is 55.8 Å². The van der Waals surface area contributed by atoms with Crippen LogP contribution in [0.4, 0.5) is 0 Å². The van der Waals surface area contributed by atoms with Crippen LogP contribution in [0.5, 0.6) is 11.5 Å². The second-order valence-electron chi connectivity index (χ2n) is 7.69. The molecule has 178 valence electrons. The van der Waals surface area contributed by atoms with Gasteiger partial charge in [0.05, 0.1) is 18.4 Å². The Kier molecular flexibility index (Phi) is 12.3. The lowest BCUT2D eigenvalue weighted by molar-refractivity contribution is -0.121. The molecule has 0 bridgehead atoms. The molecule has 0 heterocycles. The van der Waals surface area contributed by atoms with Crippen LogP contribution in [-0.4, -0.2) is 24.7 Å². The van der Waals surface area contributed by atoms with E-state index in [-0.39, 0.29) is 5.91 Å². The predicted octanol–water partition coefficient (Wildman–Crippen LogP) is 6.66. The van der Waals surface area contributed by atoms with Crippen molar-refractivity contribution in [1.29, 1.82) is 0 Å². The predicted molar refractivity (Wildman–Crippen MR) is 135 cm³/mol. The van der Waals surface area contributed by atoms with Crippen molar-refractivity contribution in [2.24, 2.45) is 5.10 Å². The summed E-state index contributed by atoms with van der Waals surface area (Å²) in [6.45, 7) is 4.66. The summed E-state index contributed by atoms with van der Waals surface area (Å²) in [5, 5.41) is 4.04. The molecule has 0 unspecified atom stereocenters. The molecule has 2 rings (SSSR count). The van der Waals surface area contributed by atoms with Gasteiger partial charge >= 0.3 is 5.97 Å². The number of nitrogens with one attached hydrogen (secondary N) is 1. The molecule has 0 radical (unpaired) electrons. The Morgan fingerprint density at radius 2 is 1.67 bits per heavy atom. The number of hydrazone groups is 1. The maximum atomic E-state index is 12.5. The number of ether oxygens (including phenoxy) is 2. The first-order chi connectivity index (χ1) is 16.0. The zero-order valence-corrected chi connectivity index (χ0v) is 21.0. The molecule has 33 heavy (non-hydrogen) atoms. The number of unbranched alkanes of at least 4 members (excludes halogenated alkanes) is 6. The number of carbonyl (C=O) groups excluding carboxylic acids is 2. The van der Waals surface area contributed by atoms with E-state index in [1.165, 1.54) is 31.9 Å². The Labute approximate surface area is 204 Å². The monoisotopic (exact) mass is 516 g/mol. The topological polar surface area (TPSA) is 77.0 Å².